The molecule has 0 spiro atoms. The first kappa shape index (κ1) is 44.5. The summed E-state index contributed by atoms with van der Waals surface area (Å²) < 4.78 is 0. The number of carboxylic acid groups (broad SMARTS) is 1. The van der Waals surface area contributed by atoms with Crippen LogP contribution in [0.25, 0.3) is 0 Å². The summed E-state index contributed by atoms with van der Waals surface area (Å²) >= 11 is 0. The molecular weight excluding hydrogens is 593 g/mol. The van der Waals surface area contributed by atoms with Gasteiger partial charge < -0.3 is 10.2 Å². The van der Waals surface area contributed by atoms with Gasteiger partial charge >= 0.3 is 5.97 Å². The standard InChI is InChI=1S/C39H72NO5P/c1-3-5-7-9-11-13-15-17-19-21-23-25-27-29-31-33-36(42)40(39(46,35-41)38(44)45)37(43)34-32-30-28-26-24-22-20-18-16-14-12-10-8-6-4-2/h17-20,41H,3-16,21-35,46H2,1-2H3,(H,44,45)/b19-17-,20-18-. The highest BCUT2D eigenvalue weighted by Crippen LogP contribution is 2.27. The third-order valence-electron chi connectivity index (χ3n) is 8.81. The van der Waals surface area contributed by atoms with Crippen LogP contribution < -0.4 is 0 Å². The summed E-state index contributed by atoms with van der Waals surface area (Å²) in [6.45, 7) is 3.66. The van der Waals surface area contributed by atoms with Crippen LogP contribution in [0.5, 0.6) is 0 Å². The number of aliphatic hydroxyl groups excluding tert-OH is 1. The van der Waals surface area contributed by atoms with Crippen molar-refractivity contribution in [3.63, 3.8) is 0 Å². The van der Waals surface area contributed by atoms with Crippen LogP contribution in [0.4, 0.5) is 0 Å². The lowest BCUT2D eigenvalue weighted by Gasteiger charge is -2.35. The van der Waals surface area contributed by atoms with Crippen LogP contribution in [-0.4, -0.2) is 44.8 Å². The van der Waals surface area contributed by atoms with Crippen molar-refractivity contribution in [3.05, 3.63) is 24.3 Å². The van der Waals surface area contributed by atoms with E-state index < -0.39 is 29.7 Å². The largest absolute Gasteiger partial charge is 0.479 e. The second-order valence-electron chi connectivity index (χ2n) is 13.2. The third-order valence-corrected chi connectivity index (χ3v) is 9.50. The van der Waals surface area contributed by atoms with Crippen molar-refractivity contribution in [2.24, 2.45) is 0 Å². The van der Waals surface area contributed by atoms with Crippen molar-refractivity contribution in [1.29, 1.82) is 0 Å². The topological polar surface area (TPSA) is 94.9 Å². The summed E-state index contributed by atoms with van der Waals surface area (Å²) in [5, 5.41) is 17.6. The fourth-order valence-electron chi connectivity index (χ4n) is 5.74. The number of amides is 2. The van der Waals surface area contributed by atoms with Crippen LogP contribution in [0, 0.1) is 0 Å². The number of allylic oxidation sites excluding steroid dienone is 4. The molecule has 2 unspecified atom stereocenters. The number of imide groups is 1. The molecule has 2 amide bonds. The van der Waals surface area contributed by atoms with Gasteiger partial charge in [0.1, 0.15) is 0 Å². The quantitative estimate of drug-likeness (QED) is 0.0413. The SMILES string of the molecule is CCCCCCCC/C=C\CCCCCCCC(=O)N(C(=O)CCCCCCC/C=C\CCCCCCCC)C(P)(CO)C(=O)O. The fourth-order valence-corrected chi connectivity index (χ4v) is 6.02. The second-order valence-corrected chi connectivity index (χ2v) is 14.1. The van der Waals surface area contributed by atoms with Crippen LogP contribution in [0.1, 0.15) is 194 Å². The van der Waals surface area contributed by atoms with Gasteiger partial charge in [-0.3, -0.25) is 14.5 Å². The molecule has 0 rings (SSSR count). The van der Waals surface area contributed by atoms with Gasteiger partial charge in [0.05, 0.1) is 6.61 Å². The van der Waals surface area contributed by atoms with Crippen LogP contribution in [-0.2, 0) is 14.4 Å². The van der Waals surface area contributed by atoms with Crippen LogP contribution >= 0.6 is 9.24 Å². The van der Waals surface area contributed by atoms with Crippen molar-refractivity contribution in [2.45, 2.75) is 199 Å². The maximum atomic E-state index is 13.1. The molecule has 268 valence electrons. The lowest BCUT2D eigenvalue weighted by atomic mass is 10.1. The predicted octanol–water partition coefficient (Wildman–Crippen LogP) is 11.1. The normalized spacial score (nSPS) is 13.0. The highest BCUT2D eigenvalue weighted by atomic mass is 31.0. The molecule has 0 aliphatic heterocycles. The average Bonchev–Trinajstić information content (AvgIpc) is 3.04. The number of carbonyl (C=O) groups excluding carboxylic acids is 2. The molecule has 0 saturated heterocycles. The molecule has 0 aliphatic carbocycles. The van der Waals surface area contributed by atoms with Crippen LogP contribution in [0.3, 0.4) is 0 Å². The van der Waals surface area contributed by atoms with Gasteiger partial charge in [0.15, 0.2) is 5.28 Å². The first-order valence-corrected chi connectivity index (χ1v) is 19.7. The summed E-state index contributed by atoms with van der Waals surface area (Å²) in [6, 6.07) is 0. The number of rotatable bonds is 33. The van der Waals surface area contributed by atoms with E-state index >= 15 is 0 Å². The van der Waals surface area contributed by atoms with E-state index in [1.54, 1.807) is 0 Å². The summed E-state index contributed by atoms with van der Waals surface area (Å²) in [7, 11) is 2.04. The van der Waals surface area contributed by atoms with E-state index in [1.165, 1.54) is 89.9 Å². The van der Waals surface area contributed by atoms with E-state index in [-0.39, 0.29) is 12.8 Å². The first-order chi connectivity index (χ1) is 22.3. The Hall–Kier alpha value is -1.52. The Morgan fingerprint density at radius 3 is 1.09 bits per heavy atom. The zero-order chi connectivity index (χ0) is 34.1. The van der Waals surface area contributed by atoms with E-state index in [0.717, 1.165) is 69.1 Å². The number of hydrogen-bond acceptors (Lipinski definition) is 4. The summed E-state index contributed by atoms with van der Waals surface area (Å²) in [6.07, 6.45) is 39.2. The Balaban J connectivity index is 4.25. The van der Waals surface area contributed by atoms with E-state index in [1.807, 2.05) is 9.24 Å². The Kier molecular flexibility index (Phi) is 31.0. The van der Waals surface area contributed by atoms with Gasteiger partial charge in [0.2, 0.25) is 11.8 Å². The molecule has 0 heterocycles. The highest BCUT2D eigenvalue weighted by molar-refractivity contribution is 7.21. The second kappa shape index (κ2) is 32.0. The minimum atomic E-state index is -2.02. The van der Waals surface area contributed by atoms with Crippen LogP contribution in [0.2, 0.25) is 0 Å². The van der Waals surface area contributed by atoms with Gasteiger partial charge in [0.25, 0.3) is 0 Å². The number of carbonyl (C=O) groups is 3. The van der Waals surface area contributed by atoms with Crippen molar-refractivity contribution in [2.75, 3.05) is 6.61 Å². The Morgan fingerprint density at radius 2 is 0.804 bits per heavy atom. The van der Waals surface area contributed by atoms with E-state index in [0.29, 0.717) is 12.8 Å². The van der Waals surface area contributed by atoms with Gasteiger partial charge in [-0.25, -0.2) is 4.79 Å². The molecule has 46 heavy (non-hydrogen) atoms. The van der Waals surface area contributed by atoms with E-state index in [9.17, 15) is 24.6 Å². The smallest absolute Gasteiger partial charge is 0.336 e. The number of aliphatic hydroxyl groups is 1. The molecule has 0 aromatic carbocycles. The Morgan fingerprint density at radius 1 is 0.522 bits per heavy atom. The Bertz CT molecular complexity index is 762. The first-order valence-electron chi connectivity index (χ1n) is 19.1. The number of hydrogen-bond donors (Lipinski definition) is 2. The maximum Gasteiger partial charge on any atom is 0.336 e. The summed E-state index contributed by atoms with van der Waals surface area (Å²) in [5.74, 6) is -2.42. The average molecular weight is 666 g/mol. The maximum absolute atomic E-state index is 13.1. The van der Waals surface area contributed by atoms with E-state index in [2.05, 4.69) is 38.2 Å². The van der Waals surface area contributed by atoms with Gasteiger partial charge in [-0.1, -0.05) is 150 Å². The monoisotopic (exact) mass is 666 g/mol. The molecule has 0 fully saturated rings. The van der Waals surface area contributed by atoms with E-state index in [4.69, 9.17) is 0 Å². The molecule has 7 heteroatoms. The molecule has 0 aromatic rings. The lowest BCUT2D eigenvalue weighted by molar-refractivity contribution is -0.162. The lowest BCUT2D eigenvalue weighted by Crippen LogP contribution is -2.57. The molecule has 2 atom stereocenters. The molecule has 0 aliphatic rings. The number of unbranched alkanes of at least 4 members (excludes halogenated alkanes) is 22. The number of carboxylic acids is 1. The predicted molar refractivity (Wildman–Crippen MR) is 198 cm³/mol. The fraction of sp³-hybridized carbons (Fsp3) is 0.821. The molecule has 6 nitrogen and oxygen atoms in total. The van der Waals surface area contributed by atoms with Gasteiger partial charge in [-0.2, -0.15) is 0 Å². The van der Waals surface area contributed by atoms with Gasteiger partial charge in [-0.15, -0.1) is 0 Å². The van der Waals surface area contributed by atoms with Crippen molar-refractivity contribution < 1.29 is 24.6 Å². The number of nitrogens with zero attached hydrogens (tertiary/aromatic N) is 1. The molecule has 0 bridgehead atoms. The third kappa shape index (κ3) is 23.7. The van der Waals surface area contributed by atoms with Crippen molar-refractivity contribution >= 4 is 27.0 Å². The molecule has 0 radical (unpaired) electrons. The Labute approximate surface area is 285 Å². The van der Waals surface area contributed by atoms with Crippen molar-refractivity contribution in [1.82, 2.24) is 4.90 Å². The van der Waals surface area contributed by atoms with Gasteiger partial charge in [-0.05, 0) is 64.2 Å². The number of aliphatic carboxylic acids is 1. The zero-order valence-corrected chi connectivity index (χ0v) is 31.1. The highest BCUT2D eigenvalue weighted by Gasteiger charge is 2.45. The van der Waals surface area contributed by atoms with Crippen molar-refractivity contribution in [3.8, 4) is 0 Å². The summed E-state index contributed by atoms with van der Waals surface area (Å²) in [5.41, 5.74) is 0. The minimum Gasteiger partial charge on any atom is -0.479 e. The molecular formula is C39H72NO5P. The summed E-state index contributed by atoms with van der Waals surface area (Å²) in [4.78, 5) is 39.0. The van der Waals surface area contributed by atoms with Gasteiger partial charge in [0, 0.05) is 12.8 Å². The molecule has 0 aromatic heterocycles. The minimum absolute atomic E-state index is 0.111. The molecule has 2 N–H and O–H groups in total. The molecule has 0 saturated carbocycles. The van der Waals surface area contributed by atoms with Crippen LogP contribution in [0.15, 0.2) is 24.3 Å². The zero-order valence-electron chi connectivity index (χ0n) is 30.0.